The zero-order valence-corrected chi connectivity index (χ0v) is 12.1. The molecule has 1 fully saturated rings. The quantitative estimate of drug-likeness (QED) is 0.560. The summed E-state index contributed by atoms with van der Waals surface area (Å²) in [4.78, 5) is 36.7. The molecule has 6 heteroatoms. The Bertz CT molecular complexity index is 385. The maximum atomic E-state index is 11.9. The zero-order valence-electron chi connectivity index (χ0n) is 12.1. The first-order chi connectivity index (χ1) is 8.67. The molecule has 2 unspecified atom stereocenters. The van der Waals surface area contributed by atoms with Crippen molar-refractivity contribution in [3.05, 3.63) is 0 Å². The molecule has 1 heterocycles. The summed E-state index contributed by atoms with van der Waals surface area (Å²) in [6, 6.07) is -0.540. The van der Waals surface area contributed by atoms with Crippen molar-refractivity contribution in [3.63, 3.8) is 0 Å². The first-order valence-electron chi connectivity index (χ1n) is 6.36. The summed E-state index contributed by atoms with van der Waals surface area (Å²) >= 11 is 0. The van der Waals surface area contributed by atoms with Crippen LogP contribution in [0, 0.1) is 5.92 Å². The van der Waals surface area contributed by atoms with Crippen LogP contribution in [0.1, 0.15) is 34.6 Å². The maximum Gasteiger partial charge on any atom is 0.410 e. The van der Waals surface area contributed by atoms with Gasteiger partial charge in [-0.25, -0.2) is 4.79 Å². The summed E-state index contributed by atoms with van der Waals surface area (Å²) in [5.41, 5.74) is -0.637. The molecule has 19 heavy (non-hydrogen) atoms. The van der Waals surface area contributed by atoms with Crippen LogP contribution in [-0.4, -0.2) is 47.5 Å². The molecule has 0 aliphatic carbocycles. The lowest BCUT2D eigenvalue weighted by Crippen LogP contribution is -2.41. The van der Waals surface area contributed by atoms with Crippen LogP contribution in [0.15, 0.2) is 0 Å². The van der Waals surface area contributed by atoms with Gasteiger partial charge in [-0.05, 0) is 34.6 Å². The van der Waals surface area contributed by atoms with E-state index in [0.717, 1.165) is 0 Å². The van der Waals surface area contributed by atoms with Crippen LogP contribution in [0.3, 0.4) is 0 Å². The molecule has 2 atom stereocenters. The van der Waals surface area contributed by atoms with Crippen molar-refractivity contribution < 1.29 is 23.9 Å². The van der Waals surface area contributed by atoms with Crippen LogP contribution in [0.2, 0.25) is 0 Å². The van der Waals surface area contributed by atoms with E-state index in [-0.39, 0.29) is 18.9 Å². The molecular formula is C13H21NO5. The van der Waals surface area contributed by atoms with Crippen molar-refractivity contribution in [2.24, 2.45) is 5.92 Å². The van der Waals surface area contributed by atoms with Gasteiger partial charge in [0.15, 0.2) is 5.78 Å². The molecule has 0 aromatic rings. The van der Waals surface area contributed by atoms with Gasteiger partial charge in [-0.2, -0.15) is 0 Å². The Labute approximate surface area is 113 Å². The Morgan fingerprint density at radius 2 is 1.95 bits per heavy atom. The van der Waals surface area contributed by atoms with E-state index in [1.807, 2.05) is 0 Å². The number of carbonyl (C=O) groups excluding carboxylic acids is 3. The van der Waals surface area contributed by atoms with E-state index in [4.69, 9.17) is 9.47 Å². The molecule has 108 valence electrons. The lowest BCUT2D eigenvalue weighted by atomic mass is 10.0. The molecule has 6 nitrogen and oxygen atoms in total. The number of carbonyl (C=O) groups is 3. The number of Topliss-reactive ketones (excluding diaryl/α,β-unsaturated/α-hetero) is 1. The summed E-state index contributed by atoms with van der Waals surface area (Å²) < 4.78 is 10.1. The highest BCUT2D eigenvalue weighted by Crippen LogP contribution is 2.24. The molecule has 0 bridgehead atoms. The highest BCUT2D eigenvalue weighted by molar-refractivity contribution is 6.04. The van der Waals surface area contributed by atoms with Crippen LogP contribution in [0.25, 0.3) is 0 Å². The van der Waals surface area contributed by atoms with E-state index in [2.05, 4.69) is 0 Å². The fraction of sp³-hybridized carbons (Fsp3) is 0.769. The zero-order chi connectivity index (χ0) is 14.8. The Kier molecular flexibility index (Phi) is 4.55. The van der Waals surface area contributed by atoms with E-state index < -0.39 is 29.6 Å². The Hall–Kier alpha value is -1.59. The number of likely N-dealkylation sites (tertiary alicyclic amines) is 1. The van der Waals surface area contributed by atoms with Crippen molar-refractivity contribution in [1.29, 1.82) is 0 Å². The number of hydrogen-bond donors (Lipinski definition) is 0. The van der Waals surface area contributed by atoms with E-state index in [1.54, 1.807) is 34.6 Å². The number of ether oxygens (including phenoxy) is 2. The molecule has 1 amide bonds. The largest absolute Gasteiger partial charge is 0.465 e. The van der Waals surface area contributed by atoms with Crippen molar-refractivity contribution in [2.45, 2.75) is 46.3 Å². The minimum atomic E-state index is -0.910. The van der Waals surface area contributed by atoms with E-state index in [0.29, 0.717) is 0 Å². The normalized spacial score (nSPS) is 23.4. The molecule has 0 aromatic heterocycles. The lowest BCUT2D eigenvalue weighted by molar-refractivity contribution is -0.150. The van der Waals surface area contributed by atoms with Crippen molar-refractivity contribution in [2.75, 3.05) is 13.2 Å². The molecule has 0 spiro atoms. The minimum absolute atomic E-state index is 0.112. The molecule has 0 radical (unpaired) electrons. The van der Waals surface area contributed by atoms with Crippen LogP contribution < -0.4 is 0 Å². The van der Waals surface area contributed by atoms with Gasteiger partial charge >= 0.3 is 12.1 Å². The topological polar surface area (TPSA) is 72.9 Å². The van der Waals surface area contributed by atoms with Gasteiger partial charge in [0.1, 0.15) is 11.5 Å². The third-order valence-electron chi connectivity index (χ3n) is 2.82. The molecule has 1 aliphatic heterocycles. The van der Waals surface area contributed by atoms with Gasteiger partial charge in [-0.15, -0.1) is 0 Å². The second-order valence-electron chi connectivity index (χ2n) is 5.54. The van der Waals surface area contributed by atoms with E-state index in [9.17, 15) is 14.4 Å². The molecule has 0 N–H and O–H groups in total. The van der Waals surface area contributed by atoms with Crippen molar-refractivity contribution in [3.8, 4) is 0 Å². The minimum Gasteiger partial charge on any atom is -0.465 e. The second-order valence-corrected chi connectivity index (χ2v) is 5.54. The predicted molar refractivity (Wildman–Crippen MR) is 67.5 cm³/mol. The fourth-order valence-corrected chi connectivity index (χ4v) is 1.97. The third kappa shape index (κ3) is 3.68. The van der Waals surface area contributed by atoms with Crippen LogP contribution in [0.5, 0.6) is 0 Å². The van der Waals surface area contributed by atoms with Gasteiger partial charge < -0.3 is 9.47 Å². The molecule has 1 aliphatic rings. The summed E-state index contributed by atoms with van der Waals surface area (Å²) in [6.45, 7) is 8.66. The highest BCUT2D eigenvalue weighted by Gasteiger charge is 2.46. The Morgan fingerprint density at radius 3 is 2.42 bits per heavy atom. The van der Waals surface area contributed by atoms with Gasteiger partial charge in [-0.3, -0.25) is 14.5 Å². The number of nitrogens with zero attached hydrogens (tertiary/aromatic N) is 1. The lowest BCUT2D eigenvalue weighted by Gasteiger charge is -2.27. The first-order valence-corrected chi connectivity index (χ1v) is 6.36. The highest BCUT2D eigenvalue weighted by atomic mass is 16.6. The van der Waals surface area contributed by atoms with Gasteiger partial charge in [0.25, 0.3) is 0 Å². The smallest absolute Gasteiger partial charge is 0.410 e. The molecule has 0 saturated carbocycles. The van der Waals surface area contributed by atoms with Crippen LogP contribution >= 0.6 is 0 Å². The van der Waals surface area contributed by atoms with Gasteiger partial charge in [0, 0.05) is 0 Å². The summed E-state index contributed by atoms with van der Waals surface area (Å²) in [5.74, 6) is -1.80. The second kappa shape index (κ2) is 5.59. The predicted octanol–water partition coefficient (Wildman–Crippen LogP) is 1.37. The summed E-state index contributed by atoms with van der Waals surface area (Å²) in [6.07, 6.45) is -0.583. The SMILES string of the molecule is CCOC(=O)C1C(=O)CN(C(=O)OC(C)(C)C)C1C. The average Bonchev–Trinajstić information content (AvgIpc) is 2.52. The average molecular weight is 271 g/mol. The Morgan fingerprint density at radius 1 is 1.37 bits per heavy atom. The fourth-order valence-electron chi connectivity index (χ4n) is 1.97. The standard InChI is InChI=1S/C13H21NO5/c1-6-18-11(16)10-8(2)14(7-9(10)15)12(17)19-13(3,4)5/h8,10H,6-7H2,1-5H3. The van der Waals surface area contributed by atoms with Crippen LogP contribution in [-0.2, 0) is 19.1 Å². The number of rotatable bonds is 2. The van der Waals surface area contributed by atoms with Crippen LogP contribution in [0.4, 0.5) is 4.79 Å². The Balaban J connectivity index is 2.78. The van der Waals surface area contributed by atoms with Gasteiger partial charge in [-0.1, -0.05) is 0 Å². The third-order valence-corrected chi connectivity index (χ3v) is 2.82. The van der Waals surface area contributed by atoms with Crippen molar-refractivity contribution in [1.82, 2.24) is 4.90 Å². The molecule has 1 saturated heterocycles. The molecule has 0 aromatic carbocycles. The summed E-state index contributed by atoms with van der Waals surface area (Å²) in [5, 5.41) is 0. The van der Waals surface area contributed by atoms with E-state index >= 15 is 0 Å². The maximum absolute atomic E-state index is 11.9. The molecular weight excluding hydrogens is 250 g/mol. The van der Waals surface area contributed by atoms with Gasteiger partial charge in [0.2, 0.25) is 0 Å². The number of esters is 1. The van der Waals surface area contributed by atoms with Gasteiger partial charge in [0.05, 0.1) is 19.2 Å². The first kappa shape index (κ1) is 15.5. The number of ketones is 1. The van der Waals surface area contributed by atoms with E-state index in [1.165, 1.54) is 4.90 Å². The summed E-state index contributed by atoms with van der Waals surface area (Å²) in [7, 11) is 0. The monoisotopic (exact) mass is 271 g/mol. The van der Waals surface area contributed by atoms with Crippen molar-refractivity contribution >= 4 is 17.8 Å². The number of amides is 1. The molecule has 1 rings (SSSR count). The number of hydrogen-bond acceptors (Lipinski definition) is 5.